The lowest BCUT2D eigenvalue weighted by Crippen LogP contribution is -1.95. The first-order valence-corrected chi connectivity index (χ1v) is 6.56. The van der Waals surface area contributed by atoms with Crippen molar-refractivity contribution in [3.63, 3.8) is 0 Å². The van der Waals surface area contributed by atoms with Gasteiger partial charge < -0.3 is 19.2 Å². The SMILES string of the molecule is COc1cc(-c2ccc3c[c][nH]c3c2)cc(OC)c1OC. The van der Waals surface area contributed by atoms with Crippen LogP contribution >= 0.6 is 0 Å². The van der Waals surface area contributed by atoms with Crippen LogP contribution < -0.4 is 14.2 Å². The van der Waals surface area contributed by atoms with Crippen molar-refractivity contribution in [1.29, 1.82) is 0 Å². The quantitative estimate of drug-likeness (QED) is 0.794. The van der Waals surface area contributed by atoms with Gasteiger partial charge in [-0.05, 0) is 35.4 Å². The number of aromatic amines is 1. The highest BCUT2D eigenvalue weighted by atomic mass is 16.5. The Kier molecular flexibility index (Phi) is 3.44. The molecule has 2 aromatic carbocycles. The number of benzene rings is 2. The molecule has 0 fully saturated rings. The number of rotatable bonds is 4. The third-order valence-electron chi connectivity index (χ3n) is 3.49. The molecule has 4 heteroatoms. The first kappa shape index (κ1) is 13.4. The Hall–Kier alpha value is -2.62. The second-order valence-corrected chi connectivity index (χ2v) is 4.63. The normalized spacial score (nSPS) is 10.6. The number of nitrogens with one attached hydrogen (secondary N) is 1. The van der Waals surface area contributed by atoms with Crippen molar-refractivity contribution in [2.24, 2.45) is 0 Å². The zero-order chi connectivity index (χ0) is 14.8. The number of hydrogen-bond acceptors (Lipinski definition) is 3. The van der Waals surface area contributed by atoms with Gasteiger partial charge in [-0.1, -0.05) is 12.1 Å². The van der Waals surface area contributed by atoms with Crippen molar-refractivity contribution in [1.82, 2.24) is 4.98 Å². The van der Waals surface area contributed by atoms with E-state index in [1.807, 2.05) is 18.2 Å². The Labute approximate surface area is 123 Å². The van der Waals surface area contributed by atoms with Crippen LogP contribution in [0.3, 0.4) is 0 Å². The van der Waals surface area contributed by atoms with Crippen LogP contribution in [0.15, 0.2) is 36.4 Å². The average molecular weight is 282 g/mol. The van der Waals surface area contributed by atoms with E-state index in [1.54, 1.807) is 21.3 Å². The van der Waals surface area contributed by atoms with Crippen molar-refractivity contribution in [2.45, 2.75) is 0 Å². The number of methoxy groups -OCH3 is 3. The fraction of sp³-hybridized carbons (Fsp3) is 0.176. The zero-order valence-electron chi connectivity index (χ0n) is 12.2. The van der Waals surface area contributed by atoms with Gasteiger partial charge in [0, 0.05) is 10.9 Å². The molecule has 4 nitrogen and oxygen atoms in total. The molecule has 21 heavy (non-hydrogen) atoms. The molecular weight excluding hydrogens is 266 g/mol. The van der Waals surface area contributed by atoms with Crippen LogP contribution in [-0.2, 0) is 0 Å². The predicted molar refractivity (Wildman–Crippen MR) is 82.2 cm³/mol. The standard InChI is InChI=1S/C17H16NO3/c1-19-15-9-13(10-16(20-2)17(15)21-3)12-5-4-11-6-7-18-14(11)8-12/h4-6,8-10,18H,1-3H3. The van der Waals surface area contributed by atoms with E-state index in [9.17, 15) is 0 Å². The van der Waals surface area contributed by atoms with E-state index >= 15 is 0 Å². The molecule has 0 atom stereocenters. The lowest BCUT2D eigenvalue weighted by molar-refractivity contribution is 0.324. The molecule has 1 N–H and O–H groups in total. The number of H-pyrrole nitrogens is 1. The van der Waals surface area contributed by atoms with Gasteiger partial charge in [-0.2, -0.15) is 0 Å². The minimum absolute atomic E-state index is 0.595. The lowest BCUT2D eigenvalue weighted by atomic mass is 10.0. The van der Waals surface area contributed by atoms with Gasteiger partial charge in [-0.3, -0.25) is 0 Å². The minimum Gasteiger partial charge on any atom is -0.493 e. The lowest BCUT2D eigenvalue weighted by Gasteiger charge is -2.14. The molecular formula is C17H16NO3. The number of ether oxygens (including phenoxy) is 3. The fourth-order valence-electron chi connectivity index (χ4n) is 2.41. The second-order valence-electron chi connectivity index (χ2n) is 4.63. The van der Waals surface area contributed by atoms with Gasteiger partial charge in [0.05, 0.1) is 27.5 Å². The highest BCUT2D eigenvalue weighted by Gasteiger charge is 2.14. The maximum atomic E-state index is 5.39. The summed E-state index contributed by atoms with van der Waals surface area (Å²) in [5.41, 5.74) is 3.11. The van der Waals surface area contributed by atoms with Crippen molar-refractivity contribution in [3.05, 3.63) is 42.6 Å². The summed E-state index contributed by atoms with van der Waals surface area (Å²) in [5, 5.41) is 1.13. The van der Waals surface area contributed by atoms with Crippen LogP contribution in [0.1, 0.15) is 0 Å². The molecule has 1 radical (unpaired) electrons. The van der Waals surface area contributed by atoms with Crippen molar-refractivity contribution >= 4 is 10.9 Å². The molecule has 0 bridgehead atoms. The molecule has 3 aromatic rings. The Bertz CT molecular complexity index is 752. The Morgan fingerprint density at radius 1 is 0.857 bits per heavy atom. The van der Waals surface area contributed by atoms with E-state index in [2.05, 4.69) is 29.4 Å². The molecule has 0 unspecified atom stereocenters. The summed E-state index contributed by atoms with van der Waals surface area (Å²) in [4.78, 5) is 3.10. The van der Waals surface area contributed by atoms with E-state index in [0.29, 0.717) is 17.2 Å². The summed E-state index contributed by atoms with van der Waals surface area (Å²) in [7, 11) is 4.83. The molecule has 107 valence electrons. The van der Waals surface area contributed by atoms with Crippen LogP contribution in [0.5, 0.6) is 17.2 Å². The molecule has 0 saturated carbocycles. The number of aromatic nitrogens is 1. The minimum atomic E-state index is 0.595. The molecule has 3 rings (SSSR count). The Morgan fingerprint density at radius 3 is 2.19 bits per heavy atom. The smallest absolute Gasteiger partial charge is 0.203 e. The number of hydrogen-bond donors (Lipinski definition) is 1. The van der Waals surface area contributed by atoms with Crippen molar-refractivity contribution in [3.8, 4) is 28.4 Å². The summed E-state index contributed by atoms with van der Waals surface area (Å²) in [6.45, 7) is 0. The van der Waals surface area contributed by atoms with E-state index in [1.165, 1.54) is 0 Å². The van der Waals surface area contributed by atoms with Gasteiger partial charge in [0.25, 0.3) is 0 Å². The zero-order valence-corrected chi connectivity index (χ0v) is 12.2. The van der Waals surface area contributed by atoms with Gasteiger partial charge in [-0.25, -0.2) is 0 Å². The van der Waals surface area contributed by atoms with Crippen molar-refractivity contribution in [2.75, 3.05) is 21.3 Å². The van der Waals surface area contributed by atoms with Crippen LogP contribution in [0.2, 0.25) is 0 Å². The van der Waals surface area contributed by atoms with Crippen LogP contribution in [0.4, 0.5) is 0 Å². The van der Waals surface area contributed by atoms with Gasteiger partial charge in [-0.15, -0.1) is 0 Å². The average Bonchev–Trinajstić information content (AvgIpc) is 3.00. The molecule has 0 aliphatic carbocycles. The van der Waals surface area contributed by atoms with Gasteiger partial charge in [0.1, 0.15) is 0 Å². The number of fused-ring (bicyclic) bond motifs is 1. The molecule has 0 amide bonds. The van der Waals surface area contributed by atoms with Crippen LogP contribution in [-0.4, -0.2) is 26.3 Å². The Balaban J connectivity index is 2.16. The van der Waals surface area contributed by atoms with Crippen LogP contribution in [0, 0.1) is 6.20 Å². The molecule has 1 heterocycles. The highest BCUT2D eigenvalue weighted by molar-refractivity contribution is 5.85. The van der Waals surface area contributed by atoms with E-state index in [-0.39, 0.29) is 0 Å². The molecule has 0 aliphatic heterocycles. The topological polar surface area (TPSA) is 43.5 Å². The Morgan fingerprint density at radius 2 is 1.57 bits per heavy atom. The molecule has 1 aromatic heterocycles. The summed E-state index contributed by atoms with van der Waals surface area (Å²) >= 11 is 0. The summed E-state index contributed by atoms with van der Waals surface area (Å²) in [5.74, 6) is 1.88. The molecule has 0 spiro atoms. The molecule has 0 saturated heterocycles. The fourth-order valence-corrected chi connectivity index (χ4v) is 2.41. The van der Waals surface area contributed by atoms with Gasteiger partial charge >= 0.3 is 0 Å². The predicted octanol–water partition coefficient (Wildman–Crippen LogP) is 3.66. The van der Waals surface area contributed by atoms with Crippen LogP contribution in [0.25, 0.3) is 22.0 Å². The first-order valence-electron chi connectivity index (χ1n) is 6.56. The van der Waals surface area contributed by atoms with Gasteiger partial charge in [0.15, 0.2) is 11.5 Å². The summed E-state index contributed by atoms with van der Waals surface area (Å²) < 4.78 is 16.1. The second kappa shape index (κ2) is 5.40. The summed E-state index contributed by atoms with van der Waals surface area (Å²) in [6, 6.07) is 12.0. The maximum absolute atomic E-state index is 5.39. The van der Waals surface area contributed by atoms with E-state index in [0.717, 1.165) is 22.0 Å². The van der Waals surface area contributed by atoms with Crippen molar-refractivity contribution < 1.29 is 14.2 Å². The third-order valence-corrected chi connectivity index (χ3v) is 3.49. The first-order chi connectivity index (χ1) is 10.3. The molecule has 0 aliphatic rings. The van der Waals surface area contributed by atoms with Gasteiger partial charge in [0.2, 0.25) is 5.75 Å². The highest BCUT2D eigenvalue weighted by Crippen LogP contribution is 2.41. The maximum Gasteiger partial charge on any atom is 0.203 e. The van der Waals surface area contributed by atoms with E-state index in [4.69, 9.17) is 14.2 Å². The largest absolute Gasteiger partial charge is 0.493 e. The van der Waals surface area contributed by atoms with E-state index < -0.39 is 0 Å². The summed E-state index contributed by atoms with van der Waals surface area (Å²) in [6.07, 6.45) is 2.99. The monoisotopic (exact) mass is 282 g/mol. The third kappa shape index (κ3) is 2.29.